The van der Waals surface area contributed by atoms with Crippen LogP contribution in [0.2, 0.25) is 0 Å². The van der Waals surface area contributed by atoms with E-state index in [1.807, 2.05) is 0 Å². The molecule has 0 aromatic heterocycles. The average Bonchev–Trinajstić information content (AvgIpc) is 1.59. The molecule has 0 fully saturated rings. The van der Waals surface area contributed by atoms with Crippen molar-refractivity contribution in [2.45, 2.75) is 0 Å². The molecule has 0 aliphatic carbocycles. The van der Waals surface area contributed by atoms with Gasteiger partial charge in [0.2, 0.25) is 0 Å². The summed E-state index contributed by atoms with van der Waals surface area (Å²) in [5.74, 6) is 0. The first-order chi connectivity index (χ1) is 3.92. The monoisotopic (exact) mass is 154 g/mol. The Kier molecular flexibility index (Phi) is 2.37. The number of hydrazine groups is 1. The predicted molar refractivity (Wildman–Crippen MR) is 29.0 cm³/mol. The molecule has 0 aromatic rings. The number of nitrogens with two attached hydrogens (primary N) is 2. The molecule has 0 atom stereocenters. The van der Waals surface area contributed by atoms with E-state index in [2.05, 4.69) is 10.9 Å². The second kappa shape index (κ2) is 2.62. The van der Waals surface area contributed by atoms with Crippen molar-refractivity contribution in [3.63, 3.8) is 0 Å². The van der Waals surface area contributed by atoms with Gasteiger partial charge in [-0.2, -0.15) is 8.42 Å². The van der Waals surface area contributed by atoms with E-state index in [0.29, 0.717) is 0 Å². The van der Waals surface area contributed by atoms with Crippen LogP contribution in [0, 0.1) is 0 Å². The van der Waals surface area contributed by atoms with Gasteiger partial charge >= 0.3 is 6.03 Å². The van der Waals surface area contributed by atoms with Gasteiger partial charge in [-0.15, -0.1) is 4.83 Å². The van der Waals surface area contributed by atoms with Gasteiger partial charge in [0.15, 0.2) is 0 Å². The summed E-state index contributed by atoms with van der Waals surface area (Å²) < 4.78 is 19.9. The van der Waals surface area contributed by atoms with E-state index >= 15 is 0 Å². The Bertz CT molecular complexity index is 194. The largest absolute Gasteiger partial charge is 0.351 e. The van der Waals surface area contributed by atoms with Crippen molar-refractivity contribution in [1.29, 1.82) is 0 Å². The van der Waals surface area contributed by atoms with Crippen LogP contribution in [-0.4, -0.2) is 14.4 Å². The van der Waals surface area contributed by atoms with Crippen LogP contribution in [0.4, 0.5) is 4.79 Å². The van der Waals surface area contributed by atoms with Crippen molar-refractivity contribution in [2.75, 3.05) is 0 Å². The maximum atomic E-state index is 9.93. The summed E-state index contributed by atoms with van der Waals surface area (Å²) in [4.78, 5) is 11.2. The summed E-state index contributed by atoms with van der Waals surface area (Å²) in [6.45, 7) is 0. The molecule has 0 aromatic carbocycles. The highest BCUT2D eigenvalue weighted by Gasteiger charge is 1.99. The van der Waals surface area contributed by atoms with Crippen molar-refractivity contribution >= 4 is 16.2 Å². The molecule has 0 heterocycles. The standard InChI is InChI=1S/CH6N4O3S/c2-1(6)4-5-9(3,7)8/h5H,(H3,2,4,6)(H2,3,7,8). The zero-order valence-corrected chi connectivity index (χ0v) is 5.10. The van der Waals surface area contributed by atoms with Crippen LogP contribution in [0.5, 0.6) is 0 Å². The zero-order valence-electron chi connectivity index (χ0n) is 4.29. The fraction of sp³-hybridized carbons (Fsp3) is 0. The first-order valence-electron chi connectivity index (χ1n) is 1.77. The number of amides is 2. The summed E-state index contributed by atoms with van der Waals surface area (Å²) in [5.41, 5.74) is 6.03. The van der Waals surface area contributed by atoms with E-state index in [1.165, 1.54) is 4.83 Å². The fourth-order valence-electron chi connectivity index (χ4n) is 0.121. The van der Waals surface area contributed by atoms with Crippen LogP contribution in [0.3, 0.4) is 0 Å². The van der Waals surface area contributed by atoms with E-state index in [-0.39, 0.29) is 0 Å². The van der Waals surface area contributed by atoms with Gasteiger partial charge in [0.05, 0.1) is 0 Å². The van der Waals surface area contributed by atoms with Crippen LogP contribution in [0.1, 0.15) is 0 Å². The number of rotatable bonds is 2. The smallest absolute Gasteiger partial charge is 0.327 e. The Labute approximate surface area is 51.5 Å². The zero-order chi connectivity index (χ0) is 7.49. The number of hydrogen-bond donors (Lipinski definition) is 4. The summed E-state index contributed by atoms with van der Waals surface area (Å²) in [6.07, 6.45) is 0. The summed E-state index contributed by atoms with van der Waals surface area (Å²) in [5, 5.41) is 4.37. The second-order valence-corrected chi connectivity index (χ2v) is 2.43. The van der Waals surface area contributed by atoms with Gasteiger partial charge in [-0.05, 0) is 0 Å². The lowest BCUT2D eigenvalue weighted by Crippen LogP contribution is -2.47. The molecule has 0 saturated heterocycles. The minimum absolute atomic E-state index is 1.02. The lowest BCUT2D eigenvalue weighted by molar-refractivity contribution is 0.247. The SMILES string of the molecule is NC(=O)NNS(N)(=O)=O. The molecule has 0 aliphatic heterocycles. The maximum absolute atomic E-state index is 9.93. The summed E-state index contributed by atoms with van der Waals surface area (Å²) >= 11 is 0. The fourth-order valence-corrected chi connectivity index (χ4v) is 0.364. The first-order valence-corrected chi connectivity index (χ1v) is 3.31. The lowest BCUT2D eigenvalue weighted by atomic mass is 11.2. The number of hydrogen-bond acceptors (Lipinski definition) is 3. The van der Waals surface area contributed by atoms with Crippen LogP contribution in [-0.2, 0) is 10.2 Å². The molecule has 0 unspecified atom stereocenters. The average molecular weight is 154 g/mol. The summed E-state index contributed by atoms with van der Waals surface area (Å²) in [6, 6.07) is -1.02. The quantitative estimate of drug-likeness (QED) is 0.324. The van der Waals surface area contributed by atoms with E-state index in [1.54, 1.807) is 5.43 Å². The van der Waals surface area contributed by atoms with Gasteiger partial charge in [-0.3, -0.25) is 5.43 Å². The van der Waals surface area contributed by atoms with Crippen LogP contribution < -0.4 is 21.1 Å². The molecule has 0 spiro atoms. The van der Waals surface area contributed by atoms with Crippen molar-refractivity contribution in [3.05, 3.63) is 0 Å². The summed E-state index contributed by atoms with van der Waals surface area (Å²) in [7, 11) is -3.88. The highest BCUT2D eigenvalue weighted by Crippen LogP contribution is 1.58. The number of urea groups is 1. The second-order valence-electron chi connectivity index (χ2n) is 1.14. The van der Waals surface area contributed by atoms with Gasteiger partial charge in [0, 0.05) is 0 Å². The third-order valence-electron chi connectivity index (χ3n) is 0.316. The Morgan fingerprint density at radius 3 is 2.00 bits per heavy atom. The van der Waals surface area contributed by atoms with Crippen molar-refractivity contribution < 1.29 is 13.2 Å². The maximum Gasteiger partial charge on any atom is 0.327 e. The van der Waals surface area contributed by atoms with Crippen LogP contribution >= 0.6 is 0 Å². The molecule has 2 amide bonds. The number of carbonyl (C=O) groups excluding carboxylic acids is 1. The molecular formula is CH6N4O3S. The van der Waals surface area contributed by atoms with Gasteiger partial charge in [-0.1, -0.05) is 0 Å². The number of nitrogens with one attached hydrogen (secondary N) is 2. The predicted octanol–water partition coefficient (Wildman–Crippen LogP) is -2.64. The van der Waals surface area contributed by atoms with Gasteiger partial charge < -0.3 is 5.73 Å². The highest BCUT2D eigenvalue weighted by atomic mass is 32.2. The minimum Gasteiger partial charge on any atom is -0.351 e. The van der Waals surface area contributed by atoms with E-state index in [9.17, 15) is 13.2 Å². The van der Waals surface area contributed by atoms with Gasteiger partial charge in [-0.25, -0.2) is 9.93 Å². The molecule has 0 saturated carbocycles. The Morgan fingerprint density at radius 1 is 1.44 bits per heavy atom. The Hall–Kier alpha value is -0.860. The molecule has 0 rings (SSSR count). The topological polar surface area (TPSA) is 127 Å². The van der Waals surface area contributed by atoms with Crippen LogP contribution in [0.25, 0.3) is 0 Å². The number of carbonyl (C=O) groups is 1. The molecule has 0 radical (unpaired) electrons. The molecule has 6 N–H and O–H groups in total. The number of primary amides is 1. The Balaban J connectivity index is 3.67. The van der Waals surface area contributed by atoms with Gasteiger partial charge in [0.1, 0.15) is 0 Å². The van der Waals surface area contributed by atoms with E-state index in [0.717, 1.165) is 0 Å². The molecule has 8 heteroatoms. The molecule has 7 nitrogen and oxygen atoms in total. The highest BCUT2D eigenvalue weighted by molar-refractivity contribution is 7.87. The van der Waals surface area contributed by atoms with Crippen LogP contribution in [0.15, 0.2) is 0 Å². The lowest BCUT2D eigenvalue weighted by Gasteiger charge is -1.98. The minimum atomic E-state index is -3.88. The molecular weight excluding hydrogens is 148 g/mol. The molecule has 0 aliphatic rings. The normalized spacial score (nSPS) is 10.8. The molecule has 9 heavy (non-hydrogen) atoms. The first kappa shape index (κ1) is 8.14. The van der Waals surface area contributed by atoms with Crippen molar-refractivity contribution in [3.8, 4) is 0 Å². The molecule has 54 valence electrons. The third kappa shape index (κ3) is 7.14. The van der Waals surface area contributed by atoms with Gasteiger partial charge in [0.25, 0.3) is 10.2 Å². The van der Waals surface area contributed by atoms with Crippen molar-refractivity contribution in [1.82, 2.24) is 10.3 Å². The van der Waals surface area contributed by atoms with Crippen molar-refractivity contribution in [2.24, 2.45) is 10.9 Å². The van der Waals surface area contributed by atoms with E-state index in [4.69, 9.17) is 0 Å². The third-order valence-corrected chi connectivity index (χ3v) is 0.703. The molecule has 0 bridgehead atoms. The Morgan fingerprint density at radius 2 is 1.89 bits per heavy atom. The van der Waals surface area contributed by atoms with E-state index < -0.39 is 16.2 Å².